The first-order valence-electron chi connectivity index (χ1n) is 16.1. The van der Waals surface area contributed by atoms with Crippen LogP contribution in [-0.4, -0.2) is 73.4 Å². The number of methoxy groups -OCH3 is 1. The molecule has 0 aromatic rings. The van der Waals surface area contributed by atoms with E-state index in [0.717, 1.165) is 38.5 Å². The number of hydrogen-bond acceptors (Lipinski definition) is 9. The van der Waals surface area contributed by atoms with Gasteiger partial charge in [0.05, 0.1) is 30.1 Å². The van der Waals surface area contributed by atoms with Crippen LogP contribution in [0.25, 0.3) is 0 Å². The molecule has 250 valence electrons. The van der Waals surface area contributed by atoms with Crippen LogP contribution in [-0.2, 0) is 33.3 Å². The van der Waals surface area contributed by atoms with Gasteiger partial charge in [-0.15, -0.1) is 0 Å². The SMILES string of the molecule is CCCCCC1C=CC(C(C)(C)CCC(C)(C)CCC(=O)OCC(C)OC)C(C(=O)OCC(C)O)C1C(=O)OCC(C)O. The smallest absolute Gasteiger partial charge is 0.310 e. The molecule has 1 aliphatic carbocycles. The molecule has 0 heterocycles. The largest absolute Gasteiger partial charge is 0.463 e. The van der Waals surface area contributed by atoms with Crippen LogP contribution in [0.3, 0.4) is 0 Å². The Balaban J connectivity index is 3.22. The molecule has 0 spiro atoms. The van der Waals surface area contributed by atoms with Gasteiger partial charge in [0.1, 0.15) is 19.8 Å². The van der Waals surface area contributed by atoms with Crippen molar-refractivity contribution in [3.8, 4) is 0 Å². The molecule has 0 fully saturated rings. The molecule has 0 saturated heterocycles. The Morgan fingerprint density at radius 2 is 1.37 bits per heavy atom. The second-order valence-corrected chi connectivity index (χ2v) is 14.0. The fourth-order valence-electron chi connectivity index (χ4n) is 5.60. The lowest BCUT2D eigenvalue weighted by Crippen LogP contribution is -2.48. The van der Waals surface area contributed by atoms with Crippen molar-refractivity contribution in [3.63, 3.8) is 0 Å². The zero-order valence-corrected chi connectivity index (χ0v) is 28.2. The molecule has 1 aliphatic rings. The highest BCUT2D eigenvalue weighted by atomic mass is 16.6. The lowest BCUT2D eigenvalue weighted by atomic mass is 9.59. The first-order chi connectivity index (χ1) is 20.0. The number of carbonyl (C=O) groups is 3. The summed E-state index contributed by atoms with van der Waals surface area (Å²) >= 11 is 0. The van der Waals surface area contributed by atoms with Crippen molar-refractivity contribution >= 4 is 17.9 Å². The first kappa shape index (κ1) is 39.1. The normalized spacial score (nSPS) is 22.9. The van der Waals surface area contributed by atoms with E-state index in [2.05, 4.69) is 46.8 Å². The van der Waals surface area contributed by atoms with Crippen molar-refractivity contribution in [1.29, 1.82) is 0 Å². The molecule has 9 heteroatoms. The van der Waals surface area contributed by atoms with E-state index in [4.69, 9.17) is 18.9 Å². The predicted octanol–water partition coefficient (Wildman–Crippen LogP) is 5.64. The summed E-state index contributed by atoms with van der Waals surface area (Å²) in [6, 6.07) is 0. The zero-order chi connectivity index (χ0) is 32.8. The van der Waals surface area contributed by atoms with Crippen molar-refractivity contribution in [2.75, 3.05) is 26.9 Å². The molecule has 2 N–H and O–H groups in total. The zero-order valence-electron chi connectivity index (χ0n) is 28.2. The molecule has 0 bridgehead atoms. The topological polar surface area (TPSA) is 129 Å². The van der Waals surface area contributed by atoms with Crippen molar-refractivity contribution in [2.24, 2.45) is 34.5 Å². The standard InChI is InChI=1S/C34H60O9/c1-10-11-12-13-26-14-15-27(30(32(39)43-21-24(3)36)29(26)31(38)42-20-23(2)35)34(7,8)19-18-33(5,6)17-16-28(37)41-22-25(4)40-9/h14-15,23-27,29-30,35-36H,10-13,16-22H2,1-9H3. The van der Waals surface area contributed by atoms with Gasteiger partial charge in [-0.05, 0) is 69.1 Å². The molecule has 0 aromatic carbocycles. The Morgan fingerprint density at radius 1 is 0.791 bits per heavy atom. The van der Waals surface area contributed by atoms with E-state index in [-0.39, 0.29) is 49.1 Å². The van der Waals surface area contributed by atoms with Gasteiger partial charge in [0, 0.05) is 13.5 Å². The Bertz CT molecular complexity index is 877. The number of aliphatic hydroxyl groups is 2. The number of rotatable bonds is 20. The van der Waals surface area contributed by atoms with Gasteiger partial charge in [-0.3, -0.25) is 14.4 Å². The number of hydrogen-bond donors (Lipinski definition) is 2. The molecule has 0 saturated carbocycles. The average molecular weight is 613 g/mol. The average Bonchev–Trinajstić information content (AvgIpc) is 2.95. The minimum absolute atomic E-state index is 0.148. The lowest BCUT2D eigenvalue weighted by molar-refractivity contribution is -0.170. The fraction of sp³-hybridized carbons (Fsp3) is 0.853. The number of aliphatic hydroxyl groups excluding tert-OH is 2. The monoisotopic (exact) mass is 612 g/mol. The molecule has 43 heavy (non-hydrogen) atoms. The van der Waals surface area contributed by atoms with E-state index in [9.17, 15) is 24.6 Å². The number of esters is 3. The molecule has 0 amide bonds. The number of allylic oxidation sites excluding steroid dienone is 2. The van der Waals surface area contributed by atoms with E-state index in [1.54, 1.807) is 21.0 Å². The summed E-state index contributed by atoms with van der Waals surface area (Å²) in [5.41, 5.74) is -0.573. The van der Waals surface area contributed by atoms with Gasteiger partial charge in [-0.2, -0.15) is 0 Å². The van der Waals surface area contributed by atoms with Crippen molar-refractivity contribution in [1.82, 2.24) is 0 Å². The molecule has 1 rings (SSSR count). The lowest BCUT2D eigenvalue weighted by Gasteiger charge is -2.45. The van der Waals surface area contributed by atoms with E-state index in [0.29, 0.717) is 12.8 Å². The molecule has 0 aliphatic heterocycles. The van der Waals surface area contributed by atoms with Crippen LogP contribution in [0.2, 0.25) is 0 Å². The van der Waals surface area contributed by atoms with Crippen molar-refractivity contribution < 1.29 is 43.5 Å². The first-order valence-corrected chi connectivity index (χ1v) is 16.1. The van der Waals surface area contributed by atoms with E-state index in [1.165, 1.54) is 0 Å². The van der Waals surface area contributed by atoms with Gasteiger partial charge in [0.25, 0.3) is 0 Å². The fourth-order valence-corrected chi connectivity index (χ4v) is 5.60. The third kappa shape index (κ3) is 14.1. The van der Waals surface area contributed by atoms with Gasteiger partial charge in [-0.1, -0.05) is 66.0 Å². The van der Waals surface area contributed by atoms with Crippen molar-refractivity contribution in [3.05, 3.63) is 12.2 Å². The highest BCUT2D eigenvalue weighted by Gasteiger charge is 2.50. The number of ether oxygens (including phenoxy) is 4. The molecule has 9 nitrogen and oxygen atoms in total. The van der Waals surface area contributed by atoms with Crippen LogP contribution in [0.5, 0.6) is 0 Å². The van der Waals surface area contributed by atoms with Crippen LogP contribution in [0.4, 0.5) is 0 Å². The molecular formula is C34H60O9. The summed E-state index contributed by atoms with van der Waals surface area (Å²) in [5.74, 6) is -3.36. The summed E-state index contributed by atoms with van der Waals surface area (Å²) in [6.45, 7) is 15.4. The Morgan fingerprint density at radius 3 is 1.91 bits per heavy atom. The Labute approximate surface area is 260 Å². The number of carbonyl (C=O) groups excluding carboxylic acids is 3. The maximum Gasteiger partial charge on any atom is 0.310 e. The summed E-state index contributed by atoms with van der Waals surface area (Å²) in [5, 5.41) is 19.6. The predicted molar refractivity (Wildman–Crippen MR) is 166 cm³/mol. The second-order valence-electron chi connectivity index (χ2n) is 14.0. The highest BCUT2D eigenvalue weighted by molar-refractivity contribution is 5.83. The Kier molecular flexibility index (Phi) is 17.0. The Hall–Kier alpha value is -1.97. The maximum absolute atomic E-state index is 13.7. The van der Waals surface area contributed by atoms with Crippen molar-refractivity contribution in [2.45, 2.75) is 125 Å². The minimum atomic E-state index is -0.833. The molecule has 0 radical (unpaired) electrons. The van der Waals surface area contributed by atoms with Crippen LogP contribution in [0.15, 0.2) is 12.2 Å². The third-order valence-corrected chi connectivity index (χ3v) is 8.66. The summed E-state index contributed by atoms with van der Waals surface area (Å²) in [4.78, 5) is 39.6. The molecule has 0 aromatic heterocycles. The van der Waals surface area contributed by atoms with Gasteiger partial charge in [0.2, 0.25) is 0 Å². The van der Waals surface area contributed by atoms with E-state index < -0.39 is 41.4 Å². The van der Waals surface area contributed by atoms with Crippen LogP contribution < -0.4 is 0 Å². The van der Waals surface area contributed by atoms with Gasteiger partial charge < -0.3 is 29.2 Å². The van der Waals surface area contributed by atoms with E-state index >= 15 is 0 Å². The summed E-state index contributed by atoms with van der Waals surface area (Å²) < 4.78 is 21.6. The molecular weight excluding hydrogens is 552 g/mol. The van der Waals surface area contributed by atoms with E-state index in [1.807, 2.05) is 6.92 Å². The number of unbranched alkanes of at least 4 members (excludes halogenated alkanes) is 2. The molecule has 7 unspecified atom stereocenters. The second kappa shape index (κ2) is 18.7. The maximum atomic E-state index is 13.7. The van der Waals surface area contributed by atoms with Crippen LogP contribution in [0, 0.1) is 34.5 Å². The molecule has 7 atom stereocenters. The van der Waals surface area contributed by atoms with Crippen LogP contribution >= 0.6 is 0 Å². The summed E-state index contributed by atoms with van der Waals surface area (Å²) in [7, 11) is 1.58. The van der Waals surface area contributed by atoms with Crippen LogP contribution in [0.1, 0.15) is 107 Å². The van der Waals surface area contributed by atoms with Gasteiger partial charge in [0.15, 0.2) is 0 Å². The highest BCUT2D eigenvalue weighted by Crippen LogP contribution is 2.49. The van der Waals surface area contributed by atoms with Gasteiger partial charge in [-0.25, -0.2) is 0 Å². The quantitative estimate of drug-likeness (QED) is 0.0777. The summed E-state index contributed by atoms with van der Waals surface area (Å²) in [6.07, 6.45) is 8.51. The minimum Gasteiger partial charge on any atom is -0.463 e. The van der Waals surface area contributed by atoms with Gasteiger partial charge >= 0.3 is 17.9 Å². The third-order valence-electron chi connectivity index (χ3n) is 8.66.